The van der Waals surface area contributed by atoms with Crippen molar-refractivity contribution in [3.63, 3.8) is 0 Å². The lowest BCUT2D eigenvalue weighted by Gasteiger charge is -2.23. The van der Waals surface area contributed by atoms with E-state index in [0.717, 1.165) is 21.3 Å². The average Bonchev–Trinajstić information content (AvgIpc) is 2.79. The van der Waals surface area contributed by atoms with Gasteiger partial charge in [0.15, 0.2) is 0 Å². The lowest BCUT2D eigenvalue weighted by molar-refractivity contribution is 0.379. The van der Waals surface area contributed by atoms with Crippen LogP contribution >= 0.6 is 15.9 Å². The van der Waals surface area contributed by atoms with Crippen LogP contribution in [0, 0.1) is 18.3 Å². The molecule has 1 aromatic heterocycles. The van der Waals surface area contributed by atoms with Gasteiger partial charge in [-0.15, -0.1) is 5.10 Å². The molecule has 6 heteroatoms. The summed E-state index contributed by atoms with van der Waals surface area (Å²) in [5, 5.41) is 16.4. The molecule has 1 atom stereocenters. The number of aromatic nitrogens is 2. The molecule has 1 aromatic carbocycles. The van der Waals surface area contributed by atoms with E-state index >= 15 is 0 Å². The van der Waals surface area contributed by atoms with Crippen molar-refractivity contribution in [3.05, 3.63) is 57.0 Å². The summed E-state index contributed by atoms with van der Waals surface area (Å²) in [6.07, 6.45) is 0. The summed E-state index contributed by atoms with van der Waals surface area (Å²) in [5.41, 5.74) is 8.95. The maximum Gasteiger partial charge on any atom is 0.244 e. The van der Waals surface area contributed by atoms with Crippen LogP contribution in [0.15, 0.2) is 40.2 Å². The van der Waals surface area contributed by atoms with E-state index in [0.29, 0.717) is 11.5 Å². The van der Waals surface area contributed by atoms with Gasteiger partial charge in [0.1, 0.15) is 11.6 Å². The highest BCUT2D eigenvalue weighted by molar-refractivity contribution is 9.10. The molecule has 20 heavy (non-hydrogen) atoms. The van der Waals surface area contributed by atoms with Crippen LogP contribution in [-0.4, -0.2) is 10.2 Å². The second-order valence-electron chi connectivity index (χ2n) is 4.54. The molecule has 0 saturated carbocycles. The number of halogens is 1. The summed E-state index contributed by atoms with van der Waals surface area (Å²) in [6.45, 7) is 1.90. The van der Waals surface area contributed by atoms with Crippen LogP contribution < -0.4 is 10.5 Å². The number of hydrogen-bond donors (Lipinski definition) is 2. The Hall–Kier alpha value is -2.26. The number of aryl methyl sites for hydroxylation is 1. The molecule has 1 aliphatic heterocycles. The van der Waals surface area contributed by atoms with E-state index in [1.165, 1.54) is 0 Å². The average molecular weight is 331 g/mol. The van der Waals surface area contributed by atoms with Gasteiger partial charge in [0.05, 0.1) is 5.92 Å². The minimum Gasteiger partial charge on any atom is -0.420 e. The van der Waals surface area contributed by atoms with Gasteiger partial charge < -0.3 is 10.5 Å². The van der Waals surface area contributed by atoms with Crippen LogP contribution in [-0.2, 0) is 0 Å². The third kappa shape index (κ3) is 1.87. The Labute approximate surface area is 124 Å². The monoisotopic (exact) mass is 330 g/mol. The van der Waals surface area contributed by atoms with Gasteiger partial charge in [-0.05, 0) is 24.6 Å². The summed E-state index contributed by atoms with van der Waals surface area (Å²) in [4.78, 5) is 0. The zero-order valence-electron chi connectivity index (χ0n) is 10.6. The van der Waals surface area contributed by atoms with E-state index in [9.17, 15) is 5.26 Å². The second kappa shape index (κ2) is 4.69. The molecular formula is C14H11BrN4O. The third-order valence-corrected chi connectivity index (χ3v) is 3.86. The van der Waals surface area contributed by atoms with Gasteiger partial charge in [-0.2, -0.15) is 5.26 Å². The summed E-state index contributed by atoms with van der Waals surface area (Å²) in [7, 11) is 0. The molecule has 0 bridgehead atoms. The number of fused-ring (bicyclic) bond motifs is 1. The fraction of sp³-hybridized carbons (Fsp3) is 0.143. The molecule has 3 N–H and O–H groups in total. The number of nitriles is 1. The van der Waals surface area contributed by atoms with E-state index in [1.54, 1.807) is 0 Å². The molecule has 0 radical (unpaired) electrons. The fourth-order valence-corrected chi connectivity index (χ4v) is 2.65. The van der Waals surface area contributed by atoms with Crippen LogP contribution in [0.3, 0.4) is 0 Å². The number of benzene rings is 1. The van der Waals surface area contributed by atoms with Crippen molar-refractivity contribution in [1.29, 1.82) is 5.26 Å². The van der Waals surface area contributed by atoms with Crippen molar-refractivity contribution < 1.29 is 4.74 Å². The maximum atomic E-state index is 9.39. The minimum absolute atomic E-state index is 0.111. The lowest BCUT2D eigenvalue weighted by atomic mass is 9.84. The van der Waals surface area contributed by atoms with Gasteiger partial charge in [-0.3, -0.25) is 5.10 Å². The Morgan fingerprint density at radius 1 is 1.40 bits per heavy atom. The molecule has 0 fully saturated rings. The Balaban J connectivity index is 2.22. The van der Waals surface area contributed by atoms with Gasteiger partial charge in [-0.1, -0.05) is 28.1 Å². The van der Waals surface area contributed by atoms with E-state index in [4.69, 9.17) is 10.5 Å². The smallest absolute Gasteiger partial charge is 0.244 e. The topological polar surface area (TPSA) is 87.7 Å². The van der Waals surface area contributed by atoms with Gasteiger partial charge in [-0.25, -0.2) is 0 Å². The molecule has 0 saturated heterocycles. The summed E-state index contributed by atoms with van der Waals surface area (Å²) in [6, 6.07) is 9.94. The van der Waals surface area contributed by atoms with E-state index in [-0.39, 0.29) is 11.8 Å². The Morgan fingerprint density at radius 3 is 2.75 bits per heavy atom. The van der Waals surface area contributed by atoms with Gasteiger partial charge in [0.25, 0.3) is 0 Å². The van der Waals surface area contributed by atoms with E-state index < -0.39 is 0 Å². The van der Waals surface area contributed by atoms with Gasteiger partial charge in [0, 0.05) is 15.7 Å². The molecule has 0 aliphatic carbocycles. The fourth-order valence-electron chi connectivity index (χ4n) is 2.39. The van der Waals surface area contributed by atoms with Gasteiger partial charge in [0.2, 0.25) is 11.8 Å². The van der Waals surface area contributed by atoms with Crippen molar-refractivity contribution in [2.45, 2.75) is 12.8 Å². The highest BCUT2D eigenvalue weighted by atomic mass is 79.9. The second-order valence-corrected chi connectivity index (χ2v) is 5.46. The normalized spacial score (nSPS) is 17.4. The molecule has 0 spiro atoms. The first-order valence-corrected chi connectivity index (χ1v) is 6.79. The number of rotatable bonds is 1. The Bertz CT molecular complexity index is 740. The van der Waals surface area contributed by atoms with Crippen LogP contribution in [0.5, 0.6) is 5.88 Å². The molecule has 0 amide bonds. The lowest BCUT2D eigenvalue weighted by Crippen LogP contribution is -2.21. The number of ether oxygens (including phenoxy) is 1. The molecule has 2 heterocycles. The number of nitrogens with zero attached hydrogens (tertiary/aromatic N) is 2. The van der Waals surface area contributed by atoms with Crippen molar-refractivity contribution >= 4 is 15.9 Å². The first-order valence-electron chi connectivity index (χ1n) is 5.99. The van der Waals surface area contributed by atoms with Crippen molar-refractivity contribution in [2.75, 3.05) is 0 Å². The number of nitrogens with two attached hydrogens (primary N) is 1. The van der Waals surface area contributed by atoms with Crippen LogP contribution in [0.2, 0.25) is 0 Å². The molecule has 0 unspecified atom stereocenters. The SMILES string of the molecule is Cc1[nH]nc2c1[C@@H](c1ccc(Br)cc1)C(C#N)=C(N)O2. The standard InChI is InChI=1S/C14H11BrN4O/c1-7-11-12(8-2-4-9(15)5-3-8)10(6-16)13(17)20-14(11)19-18-7/h2-5,12H,17H2,1H3,(H,18,19)/t12-/m0/s1. The van der Waals surface area contributed by atoms with Crippen LogP contribution in [0.4, 0.5) is 0 Å². The quantitative estimate of drug-likeness (QED) is 0.841. The van der Waals surface area contributed by atoms with Crippen molar-refractivity contribution in [2.24, 2.45) is 5.73 Å². The molecule has 5 nitrogen and oxygen atoms in total. The first kappa shape index (κ1) is 12.8. The number of H-pyrrole nitrogens is 1. The number of aromatic amines is 1. The highest BCUT2D eigenvalue weighted by Crippen LogP contribution is 2.42. The molecular weight excluding hydrogens is 320 g/mol. The molecule has 100 valence electrons. The van der Waals surface area contributed by atoms with E-state index in [2.05, 4.69) is 32.2 Å². The third-order valence-electron chi connectivity index (χ3n) is 3.33. The summed E-state index contributed by atoms with van der Waals surface area (Å²) in [5.74, 6) is 0.293. The first-order chi connectivity index (χ1) is 9.61. The summed E-state index contributed by atoms with van der Waals surface area (Å²) >= 11 is 3.41. The zero-order valence-corrected chi connectivity index (χ0v) is 12.2. The largest absolute Gasteiger partial charge is 0.420 e. The molecule has 1 aliphatic rings. The molecule has 3 rings (SSSR count). The van der Waals surface area contributed by atoms with E-state index in [1.807, 2.05) is 31.2 Å². The van der Waals surface area contributed by atoms with Gasteiger partial charge >= 0.3 is 0 Å². The summed E-state index contributed by atoms with van der Waals surface area (Å²) < 4.78 is 6.39. The minimum atomic E-state index is -0.254. The number of hydrogen-bond acceptors (Lipinski definition) is 4. The Kier molecular flexibility index (Phi) is 2.99. The van der Waals surface area contributed by atoms with Crippen molar-refractivity contribution in [3.8, 4) is 11.9 Å². The van der Waals surface area contributed by atoms with Crippen LogP contribution in [0.1, 0.15) is 22.7 Å². The number of allylic oxidation sites excluding steroid dienone is 1. The maximum absolute atomic E-state index is 9.39. The highest BCUT2D eigenvalue weighted by Gasteiger charge is 2.33. The Morgan fingerprint density at radius 2 is 2.10 bits per heavy atom. The molecule has 2 aromatic rings. The predicted octanol–water partition coefficient (Wildman–Crippen LogP) is 2.70. The predicted molar refractivity (Wildman–Crippen MR) is 76.8 cm³/mol. The number of nitrogens with one attached hydrogen (secondary N) is 1. The zero-order chi connectivity index (χ0) is 14.3. The van der Waals surface area contributed by atoms with Crippen LogP contribution in [0.25, 0.3) is 0 Å². The van der Waals surface area contributed by atoms with Crippen molar-refractivity contribution in [1.82, 2.24) is 10.2 Å².